The second-order valence-electron chi connectivity index (χ2n) is 2.43. The number of H-pyrrole nitrogens is 1. The Kier molecular flexibility index (Phi) is 1.87. The molecule has 1 aliphatic rings. The first kappa shape index (κ1) is 6.82. The first-order valence-electron chi connectivity index (χ1n) is 3.66. The molecule has 1 aromatic heterocycles. The molecule has 1 aliphatic heterocycles. The standard InChI is InChI=1S/C7H10N2O2/c1-2-8-9-6(1)7-5-10-3-4-11-7/h1-2,7H,3-5H2,(H,8,9). The van der Waals surface area contributed by atoms with E-state index in [-0.39, 0.29) is 6.10 Å². The maximum absolute atomic E-state index is 5.41. The summed E-state index contributed by atoms with van der Waals surface area (Å²) in [4.78, 5) is 0. The van der Waals surface area contributed by atoms with Crippen molar-refractivity contribution < 1.29 is 9.47 Å². The lowest BCUT2D eigenvalue weighted by atomic mass is 10.2. The number of aromatic nitrogens is 2. The van der Waals surface area contributed by atoms with Crippen molar-refractivity contribution in [2.75, 3.05) is 19.8 Å². The van der Waals surface area contributed by atoms with Gasteiger partial charge in [-0.05, 0) is 6.07 Å². The summed E-state index contributed by atoms with van der Waals surface area (Å²) >= 11 is 0. The number of ether oxygens (including phenoxy) is 2. The third-order valence-corrected chi connectivity index (χ3v) is 1.67. The summed E-state index contributed by atoms with van der Waals surface area (Å²) in [6.07, 6.45) is 1.81. The van der Waals surface area contributed by atoms with Crippen molar-refractivity contribution in [1.82, 2.24) is 10.2 Å². The number of aromatic amines is 1. The Labute approximate surface area is 64.5 Å². The highest BCUT2D eigenvalue weighted by atomic mass is 16.6. The number of hydrogen-bond acceptors (Lipinski definition) is 3. The number of nitrogens with one attached hydrogen (secondary N) is 1. The van der Waals surface area contributed by atoms with E-state index in [9.17, 15) is 0 Å². The van der Waals surface area contributed by atoms with Gasteiger partial charge in [-0.2, -0.15) is 5.10 Å². The third kappa shape index (κ3) is 1.41. The van der Waals surface area contributed by atoms with Gasteiger partial charge >= 0.3 is 0 Å². The summed E-state index contributed by atoms with van der Waals surface area (Å²) < 4.78 is 10.6. The molecule has 0 saturated carbocycles. The molecule has 1 N–H and O–H groups in total. The first-order valence-corrected chi connectivity index (χ1v) is 3.66. The molecular weight excluding hydrogens is 144 g/mol. The lowest BCUT2D eigenvalue weighted by Gasteiger charge is -2.20. The van der Waals surface area contributed by atoms with Crippen molar-refractivity contribution >= 4 is 0 Å². The van der Waals surface area contributed by atoms with E-state index in [0.29, 0.717) is 19.8 Å². The highest BCUT2D eigenvalue weighted by Crippen LogP contribution is 2.17. The SMILES string of the molecule is c1cc(C2COCCO2)n[nH]1. The quantitative estimate of drug-likeness (QED) is 0.640. The van der Waals surface area contributed by atoms with Crippen LogP contribution in [-0.4, -0.2) is 30.0 Å². The summed E-state index contributed by atoms with van der Waals surface area (Å²) in [5.41, 5.74) is 0.921. The maximum Gasteiger partial charge on any atom is 0.125 e. The lowest BCUT2D eigenvalue weighted by Crippen LogP contribution is -2.22. The fraction of sp³-hybridized carbons (Fsp3) is 0.571. The zero-order valence-electron chi connectivity index (χ0n) is 6.12. The minimum atomic E-state index is 0.0231. The molecule has 11 heavy (non-hydrogen) atoms. The van der Waals surface area contributed by atoms with Crippen LogP contribution in [0.25, 0.3) is 0 Å². The van der Waals surface area contributed by atoms with Crippen LogP contribution in [0, 0.1) is 0 Å². The zero-order chi connectivity index (χ0) is 7.52. The van der Waals surface area contributed by atoms with Gasteiger partial charge in [-0.3, -0.25) is 5.10 Å². The summed E-state index contributed by atoms with van der Waals surface area (Å²) in [6.45, 7) is 1.98. The minimum Gasteiger partial charge on any atom is -0.376 e. The predicted octanol–water partition coefficient (Wildman–Crippen LogP) is 0.498. The monoisotopic (exact) mass is 154 g/mol. The largest absolute Gasteiger partial charge is 0.376 e. The van der Waals surface area contributed by atoms with Crippen molar-refractivity contribution in [2.45, 2.75) is 6.10 Å². The third-order valence-electron chi connectivity index (χ3n) is 1.67. The van der Waals surface area contributed by atoms with Gasteiger partial charge in [-0.25, -0.2) is 0 Å². The molecule has 2 heterocycles. The normalized spacial score (nSPS) is 25.3. The van der Waals surface area contributed by atoms with Crippen molar-refractivity contribution in [3.8, 4) is 0 Å². The molecule has 0 bridgehead atoms. The molecular formula is C7H10N2O2. The van der Waals surface area contributed by atoms with Crippen LogP contribution in [0.5, 0.6) is 0 Å². The lowest BCUT2D eigenvalue weighted by molar-refractivity contribution is -0.0917. The molecule has 0 spiro atoms. The van der Waals surface area contributed by atoms with Crippen LogP contribution in [0.1, 0.15) is 11.8 Å². The van der Waals surface area contributed by atoms with E-state index >= 15 is 0 Å². The van der Waals surface area contributed by atoms with Crippen LogP contribution in [0.2, 0.25) is 0 Å². The second kappa shape index (κ2) is 3.02. The van der Waals surface area contributed by atoms with Gasteiger partial charge in [0.15, 0.2) is 0 Å². The fourth-order valence-corrected chi connectivity index (χ4v) is 1.11. The van der Waals surface area contributed by atoms with Crippen LogP contribution in [-0.2, 0) is 9.47 Å². The van der Waals surface area contributed by atoms with E-state index in [1.807, 2.05) is 6.07 Å². The first-order chi connectivity index (χ1) is 5.47. The average Bonchev–Trinajstić information content (AvgIpc) is 2.58. The number of hydrogen-bond donors (Lipinski definition) is 1. The van der Waals surface area contributed by atoms with Crippen LogP contribution >= 0.6 is 0 Å². The summed E-state index contributed by atoms with van der Waals surface area (Å²) in [7, 11) is 0. The molecule has 4 nitrogen and oxygen atoms in total. The molecule has 1 saturated heterocycles. The molecule has 60 valence electrons. The molecule has 1 atom stereocenters. The topological polar surface area (TPSA) is 47.1 Å². The zero-order valence-corrected chi connectivity index (χ0v) is 6.12. The molecule has 1 unspecified atom stereocenters. The molecule has 0 aromatic carbocycles. The van der Waals surface area contributed by atoms with E-state index in [4.69, 9.17) is 9.47 Å². The Morgan fingerprint density at radius 1 is 1.55 bits per heavy atom. The summed E-state index contributed by atoms with van der Waals surface area (Å²) in [5, 5.41) is 6.75. The van der Waals surface area contributed by atoms with Crippen LogP contribution in [0.3, 0.4) is 0 Å². The summed E-state index contributed by atoms with van der Waals surface area (Å²) in [5.74, 6) is 0. The van der Waals surface area contributed by atoms with Gasteiger partial charge in [0.05, 0.1) is 25.5 Å². The molecule has 2 rings (SSSR count). The Morgan fingerprint density at radius 2 is 2.55 bits per heavy atom. The maximum atomic E-state index is 5.41. The molecule has 4 heteroatoms. The van der Waals surface area contributed by atoms with E-state index in [1.165, 1.54) is 0 Å². The van der Waals surface area contributed by atoms with Gasteiger partial charge in [0.1, 0.15) is 6.10 Å². The van der Waals surface area contributed by atoms with Crippen LogP contribution in [0.4, 0.5) is 0 Å². The predicted molar refractivity (Wildman–Crippen MR) is 38.1 cm³/mol. The Balaban J connectivity index is 2.04. The highest BCUT2D eigenvalue weighted by molar-refractivity contribution is 5.02. The Morgan fingerprint density at radius 3 is 3.18 bits per heavy atom. The molecule has 0 amide bonds. The Bertz CT molecular complexity index is 204. The van der Waals surface area contributed by atoms with Gasteiger partial charge < -0.3 is 9.47 Å². The van der Waals surface area contributed by atoms with Crippen LogP contribution < -0.4 is 0 Å². The minimum absolute atomic E-state index is 0.0231. The molecule has 0 aliphatic carbocycles. The van der Waals surface area contributed by atoms with Crippen molar-refractivity contribution in [3.63, 3.8) is 0 Å². The van der Waals surface area contributed by atoms with E-state index < -0.39 is 0 Å². The fourth-order valence-electron chi connectivity index (χ4n) is 1.11. The van der Waals surface area contributed by atoms with Crippen molar-refractivity contribution in [3.05, 3.63) is 18.0 Å². The average molecular weight is 154 g/mol. The van der Waals surface area contributed by atoms with Crippen LogP contribution in [0.15, 0.2) is 12.3 Å². The van der Waals surface area contributed by atoms with E-state index in [2.05, 4.69) is 10.2 Å². The van der Waals surface area contributed by atoms with Gasteiger partial charge in [-0.1, -0.05) is 0 Å². The highest BCUT2D eigenvalue weighted by Gasteiger charge is 2.17. The van der Waals surface area contributed by atoms with E-state index in [0.717, 1.165) is 5.69 Å². The van der Waals surface area contributed by atoms with Crippen molar-refractivity contribution in [1.29, 1.82) is 0 Å². The van der Waals surface area contributed by atoms with Crippen molar-refractivity contribution in [2.24, 2.45) is 0 Å². The molecule has 0 radical (unpaired) electrons. The van der Waals surface area contributed by atoms with Gasteiger partial charge in [-0.15, -0.1) is 0 Å². The van der Waals surface area contributed by atoms with Gasteiger partial charge in [0.25, 0.3) is 0 Å². The molecule has 1 fully saturated rings. The second-order valence-corrected chi connectivity index (χ2v) is 2.43. The van der Waals surface area contributed by atoms with E-state index in [1.54, 1.807) is 6.20 Å². The van der Waals surface area contributed by atoms with Gasteiger partial charge in [0.2, 0.25) is 0 Å². The van der Waals surface area contributed by atoms with Gasteiger partial charge in [0, 0.05) is 6.20 Å². The summed E-state index contributed by atoms with van der Waals surface area (Å²) in [6, 6.07) is 1.90. The number of rotatable bonds is 1. The smallest absolute Gasteiger partial charge is 0.125 e. The molecule has 1 aromatic rings. The number of nitrogens with zero attached hydrogens (tertiary/aromatic N) is 1. The Hall–Kier alpha value is -0.870.